The van der Waals surface area contributed by atoms with Crippen LogP contribution >= 0.6 is 15.9 Å². The Bertz CT molecular complexity index is 946. The molecule has 0 bridgehead atoms. The van der Waals surface area contributed by atoms with E-state index < -0.39 is 6.04 Å². The fraction of sp³-hybridized carbons (Fsp3) is 0.375. The van der Waals surface area contributed by atoms with Crippen LogP contribution in [0.2, 0.25) is 0 Å². The number of nitrogens with zero attached hydrogens (tertiary/aromatic N) is 2. The zero-order valence-corrected chi connectivity index (χ0v) is 19.4. The molecule has 3 amide bonds. The van der Waals surface area contributed by atoms with E-state index in [-0.39, 0.29) is 29.6 Å². The quantitative estimate of drug-likeness (QED) is 0.586. The van der Waals surface area contributed by atoms with Crippen LogP contribution in [0.1, 0.15) is 44.7 Å². The van der Waals surface area contributed by atoms with Crippen molar-refractivity contribution in [1.29, 1.82) is 0 Å². The summed E-state index contributed by atoms with van der Waals surface area (Å²) < 4.78 is 0.864. The second-order valence-corrected chi connectivity index (χ2v) is 9.92. The maximum atomic E-state index is 13.3. The fourth-order valence-corrected chi connectivity index (χ4v) is 3.80. The second kappa shape index (κ2) is 8.72. The minimum absolute atomic E-state index is 0.00333. The Morgan fingerprint density at radius 3 is 2.23 bits per heavy atom. The number of aryl methyl sites for hydroxylation is 1. The van der Waals surface area contributed by atoms with Gasteiger partial charge in [-0.25, -0.2) is 4.90 Å². The van der Waals surface area contributed by atoms with Gasteiger partial charge in [-0.15, -0.1) is 0 Å². The van der Waals surface area contributed by atoms with E-state index in [9.17, 15) is 14.4 Å². The highest BCUT2D eigenvalue weighted by atomic mass is 79.9. The average molecular weight is 471 g/mol. The molecule has 0 aliphatic carbocycles. The first-order valence-electron chi connectivity index (χ1n) is 10.0. The minimum Gasteiger partial charge on any atom is -0.326 e. The van der Waals surface area contributed by atoms with Crippen LogP contribution in [0.3, 0.4) is 0 Å². The normalized spacial score (nSPS) is 16.8. The molecule has 30 heavy (non-hydrogen) atoms. The summed E-state index contributed by atoms with van der Waals surface area (Å²) in [6.07, 6.45) is 0.297. The Labute approximate surface area is 186 Å². The molecule has 2 aromatic carbocycles. The number of hydrogen-bond acceptors (Lipinski definition) is 3. The third-order valence-corrected chi connectivity index (χ3v) is 5.59. The van der Waals surface area contributed by atoms with Crippen molar-refractivity contribution in [1.82, 2.24) is 4.90 Å². The molecule has 5 nitrogen and oxygen atoms in total. The van der Waals surface area contributed by atoms with Gasteiger partial charge < -0.3 is 4.90 Å². The van der Waals surface area contributed by atoms with Gasteiger partial charge in [-0.1, -0.05) is 66.5 Å². The van der Waals surface area contributed by atoms with Crippen LogP contribution in [-0.4, -0.2) is 28.7 Å². The van der Waals surface area contributed by atoms with Gasteiger partial charge in [0.05, 0.1) is 12.1 Å². The lowest BCUT2D eigenvalue weighted by Gasteiger charge is -2.30. The van der Waals surface area contributed by atoms with Crippen LogP contribution in [0, 0.1) is 12.3 Å². The Morgan fingerprint density at radius 2 is 1.67 bits per heavy atom. The third kappa shape index (κ3) is 5.17. The highest BCUT2D eigenvalue weighted by molar-refractivity contribution is 9.10. The van der Waals surface area contributed by atoms with Crippen LogP contribution in [0.5, 0.6) is 0 Å². The van der Waals surface area contributed by atoms with E-state index in [1.807, 2.05) is 52.0 Å². The molecule has 1 atom stereocenters. The van der Waals surface area contributed by atoms with E-state index in [2.05, 4.69) is 15.9 Å². The summed E-state index contributed by atoms with van der Waals surface area (Å²) in [5, 5.41) is 0. The Balaban J connectivity index is 1.90. The van der Waals surface area contributed by atoms with Gasteiger partial charge in [0.15, 0.2) is 0 Å². The van der Waals surface area contributed by atoms with Crippen LogP contribution < -0.4 is 4.90 Å². The summed E-state index contributed by atoms with van der Waals surface area (Å²) in [6, 6.07) is 14.1. The standard InChI is InChI=1S/C24H27BrN2O3/c1-16-5-7-17(8-6-16)15-26(22(29)14-24(2,3)4)20-13-21(28)27(23(20)30)19-11-9-18(25)10-12-19/h5-12,20H,13-15H2,1-4H3. The van der Waals surface area contributed by atoms with Crippen molar-refractivity contribution in [2.45, 2.75) is 53.1 Å². The monoisotopic (exact) mass is 470 g/mol. The molecular weight excluding hydrogens is 444 g/mol. The van der Waals surface area contributed by atoms with E-state index in [4.69, 9.17) is 0 Å². The molecule has 1 aliphatic rings. The number of halogens is 1. The lowest BCUT2D eigenvalue weighted by Crippen LogP contribution is -2.46. The summed E-state index contributed by atoms with van der Waals surface area (Å²) in [6.45, 7) is 8.27. The number of hydrogen-bond donors (Lipinski definition) is 0. The minimum atomic E-state index is -0.794. The third-order valence-electron chi connectivity index (χ3n) is 5.06. The largest absolute Gasteiger partial charge is 0.326 e. The van der Waals surface area contributed by atoms with Gasteiger partial charge >= 0.3 is 0 Å². The topological polar surface area (TPSA) is 57.7 Å². The Kier molecular flexibility index (Phi) is 6.46. The molecule has 0 spiro atoms. The summed E-state index contributed by atoms with van der Waals surface area (Å²) in [5.41, 5.74) is 2.36. The Hall–Kier alpha value is -2.47. The van der Waals surface area contributed by atoms with E-state index in [1.54, 1.807) is 29.2 Å². The molecule has 0 aromatic heterocycles. The van der Waals surface area contributed by atoms with Crippen molar-refractivity contribution >= 4 is 39.3 Å². The molecular formula is C24H27BrN2O3. The van der Waals surface area contributed by atoms with Gasteiger partial charge in [0.1, 0.15) is 6.04 Å². The zero-order valence-electron chi connectivity index (χ0n) is 17.8. The van der Waals surface area contributed by atoms with Gasteiger partial charge in [0.2, 0.25) is 11.8 Å². The van der Waals surface area contributed by atoms with Gasteiger partial charge in [-0.2, -0.15) is 0 Å². The zero-order chi connectivity index (χ0) is 22.1. The maximum absolute atomic E-state index is 13.3. The first-order chi connectivity index (χ1) is 14.0. The Morgan fingerprint density at radius 1 is 1.07 bits per heavy atom. The number of rotatable bonds is 5. The molecule has 1 fully saturated rings. The van der Waals surface area contributed by atoms with Gasteiger partial charge in [0, 0.05) is 17.4 Å². The molecule has 1 unspecified atom stereocenters. The van der Waals surface area contributed by atoms with Crippen LogP contribution in [0.25, 0.3) is 0 Å². The van der Waals surface area contributed by atoms with E-state index in [0.717, 1.165) is 15.6 Å². The smallest absolute Gasteiger partial charge is 0.257 e. The highest BCUT2D eigenvalue weighted by Crippen LogP contribution is 2.30. The van der Waals surface area contributed by atoms with Crippen LogP contribution in [0.15, 0.2) is 53.0 Å². The average Bonchev–Trinajstić information content (AvgIpc) is 2.94. The van der Waals surface area contributed by atoms with Crippen LogP contribution in [0.4, 0.5) is 5.69 Å². The molecule has 0 radical (unpaired) electrons. The highest BCUT2D eigenvalue weighted by Gasteiger charge is 2.44. The predicted molar refractivity (Wildman–Crippen MR) is 121 cm³/mol. The number of amides is 3. The lowest BCUT2D eigenvalue weighted by atomic mass is 9.91. The molecule has 0 N–H and O–H groups in total. The number of imide groups is 1. The first-order valence-corrected chi connectivity index (χ1v) is 10.8. The summed E-state index contributed by atoms with van der Waals surface area (Å²) >= 11 is 3.37. The van der Waals surface area contributed by atoms with Crippen LogP contribution in [-0.2, 0) is 20.9 Å². The predicted octanol–water partition coefficient (Wildman–Crippen LogP) is 4.85. The fourth-order valence-electron chi connectivity index (χ4n) is 3.54. The van der Waals surface area contributed by atoms with Crippen molar-refractivity contribution in [3.8, 4) is 0 Å². The second-order valence-electron chi connectivity index (χ2n) is 9.01. The first kappa shape index (κ1) is 22.2. The van der Waals surface area contributed by atoms with Crippen molar-refractivity contribution in [3.05, 3.63) is 64.1 Å². The summed E-state index contributed by atoms with van der Waals surface area (Å²) in [4.78, 5) is 42.0. The summed E-state index contributed by atoms with van der Waals surface area (Å²) in [5.74, 6) is -0.756. The number of carbonyl (C=O) groups is 3. The van der Waals surface area contributed by atoms with Crippen molar-refractivity contribution in [3.63, 3.8) is 0 Å². The number of benzene rings is 2. The van der Waals surface area contributed by atoms with E-state index in [1.165, 1.54) is 4.90 Å². The number of carbonyl (C=O) groups excluding carboxylic acids is 3. The van der Waals surface area contributed by atoms with Gasteiger partial charge in [0.25, 0.3) is 5.91 Å². The molecule has 0 saturated carbocycles. The molecule has 3 rings (SSSR count). The van der Waals surface area contributed by atoms with Crippen molar-refractivity contribution in [2.75, 3.05) is 4.90 Å². The molecule has 158 valence electrons. The molecule has 1 heterocycles. The van der Waals surface area contributed by atoms with Crippen molar-refractivity contribution < 1.29 is 14.4 Å². The van der Waals surface area contributed by atoms with Crippen molar-refractivity contribution in [2.24, 2.45) is 5.41 Å². The number of anilines is 1. The van der Waals surface area contributed by atoms with E-state index >= 15 is 0 Å². The SMILES string of the molecule is Cc1ccc(CN(C(=O)CC(C)(C)C)C2CC(=O)N(c3ccc(Br)cc3)C2=O)cc1. The van der Waals surface area contributed by atoms with E-state index in [0.29, 0.717) is 18.7 Å². The molecule has 2 aromatic rings. The summed E-state index contributed by atoms with van der Waals surface area (Å²) in [7, 11) is 0. The van der Waals surface area contributed by atoms with Gasteiger partial charge in [-0.3, -0.25) is 14.4 Å². The molecule has 1 saturated heterocycles. The maximum Gasteiger partial charge on any atom is 0.257 e. The van der Waals surface area contributed by atoms with Gasteiger partial charge in [-0.05, 0) is 42.2 Å². The molecule has 6 heteroatoms. The lowest BCUT2D eigenvalue weighted by molar-refractivity contribution is -0.140. The molecule has 1 aliphatic heterocycles.